The Morgan fingerprint density at radius 2 is 1.77 bits per heavy atom. The molecule has 0 bridgehead atoms. The molecule has 2 heterocycles. The van der Waals surface area contributed by atoms with Crippen LogP contribution in [0.15, 0.2) is 23.1 Å². The van der Waals surface area contributed by atoms with Gasteiger partial charge in [0.05, 0.1) is 28.7 Å². The van der Waals surface area contributed by atoms with Crippen molar-refractivity contribution in [1.29, 1.82) is 0 Å². The average molecular weight is 471 g/mol. The number of nitrogens with zero attached hydrogens (tertiary/aromatic N) is 2. The Morgan fingerprint density at radius 1 is 1.19 bits per heavy atom. The Morgan fingerprint density at radius 3 is 2.26 bits per heavy atom. The molecule has 0 atom stereocenters. The minimum Gasteiger partial charge on any atom is -2.00 e. The number of nitrogens with two attached hydrogens (primary N) is 1. The molecule has 1 saturated heterocycles. The number of carboxylic acids is 2. The quantitative estimate of drug-likeness (QED) is 0.507. The number of hydrogen-bond donors (Lipinski definition) is 2. The van der Waals surface area contributed by atoms with Gasteiger partial charge in [-0.25, -0.2) is 4.39 Å². The zero-order chi connectivity index (χ0) is 21.1. The number of rotatable bonds is 4. The molecule has 10 nitrogen and oxygen atoms in total. The number of aromatic carboxylic acids is 1. The number of carbonyl (C=O) groups excluding carboxylic acids is 2. The number of benzene rings is 1. The molecule has 1 aromatic carbocycles. The summed E-state index contributed by atoms with van der Waals surface area (Å²) in [4.78, 5) is 34.7. The van der Waals surface area contributed by atoms with Crippen molar-refractivity contribution in [3.05, 3.63) is 39.9 Å². The molecule has 0 amide bonds. The molecule has 12 heteroatoms. The molecule has 1 aliphatic carbocycles. The van der Waals surface area contributed by atoms with Gasteiger partial charge >= 0.3 is 18.6 Å². The van der Waals surface area contributed by atoms with E-state index in [2.05, 4.69) is 11.1 Å². The SMILES string of the molecule is NCC(=O)[O-].O=C([O-])c1cn(C2CC2)c2cc(N3CCNCC3)c(F)cc2c1=O.[O-2].[V+4]. The van der Waals surface area contributed by atoms with Crippen LogP contribution >= 0.6 is 0 Å². The topological polar surface area (TPSA) is 172 Å². The summed E-state index contributed by atoms with van der Waals surface area (Å²) in [6, 6.07) is 3.00. The molecular weight excluding hydrogens is 450 g/mol. The van der Waals surface area contributed by atoms with E-state index >= 15 is 0 Å². The number of halogens is 1. The molecular formula is C19H21FN4O6V. The number of fused-ring (bicyclic) bond motifs is 1. The first-order valence-electron chi connectivity index (χ1n) is 9.28. The van der Waals surface area contributed by atoms with Gasteiger partial charge in [-0.15, -0.1) is 0 Å². The molecule has 31 heavy (non-hydrogen) atoms. The van der Waals surface area contributed by atoms with Crippen molar-refractivity contribution in [2.45, 2.75) is 18.9 Å². The zero-order valence-electron chi connectivity index (χ0n) is 16.5. The Bertz CT molecular complexity index is 1010. The van der Waals surface area contributed by atoms with E-state index in [9.17, 15) is 19.1 Å². The second kappa shape index (κ2) is 11.3. The van der Waals surface area contributed by atoms with Gasteiger partial charge in [-0.1, -0.05) is 0 Å². The average Bonchev–Trinajstić information content (AvgIpc) is 3.54. The molecule has 4 rings (SSSR count). The molecule has 165 valence electrons. The standard InChI is InChI=1S/C17H18FN3O3.C2H5NO2.O.V/c18-13-7-11-14(8-15(13)20-5-3-19-4-6-20)21(10-1-2-10)9-12(16(11)22)17(23)24;3-1-2(4)5;;/h7-10,19H,1-6H2,(H,23,24);1,3H2,(H,4,5);;/q;;-2;+4/p-2. The van der Waals surface area contributed by atoms with Crippen molar-refractivity contribution in [2.75, 3.05) is 37.6 Å². The van der Waals surface area contributed by atoms with Crippen LogP contribution in [0.5, 0.6) is 0 Å². The van der Waals surface area contributed by atoms with E-state index in [0.29, 0.717) is 24.3 Å². The third kappa shape index (κ3) is 6.05. The summed E-state index contributed by atoms with van der Waals surface area (Å²) >= 11 is 0. The van der Waals surface area contributed by atoms with E-state index < -0.39 is 28.7 Å². The van der Waals surface area contributed by atoms with E-state index in [1.165, 1.54) is 12.3 Å². The van der Waals surface area contributed by atoms with Crippen LogP contribution < -0.4 is 31.6 Å². The third-order valence-corrected chi connectivity index (χ3v) is 4.89. The van der Waals surface area contributed by atoms with Gasteiger partial charge < -0.3 is 45.8 Å². The third-order valence-electron chi connectivity index (χ3n) is 4.89. The fourth-order valence-electron chi connectivity index (χ4n) is 3.31. The minimum absolute atomic E-state index is 0. The van der Waals surface area contributed by atoms with Gasteiger partial charge in [0, 0.05) is 50.3 Å². The first kappa shape index (κ1) is 26.6. The summed E-state index contributed by atoms with van der Waals surface area (Å²) in [5.74, 6) is -3.24. The van der Waals surface area contributed by atoms with Crippen molar-refractivity contribution in [3.8, 4) is 0 Å². The fraction of sp³-hybridized carbons (Fsp3) is 0.421. The van der Waals surface area contributed by atoms with Crippen LogP contribution in [0.1, 0.15) is 29.2 Å². The Kier molecular flexibility index (Phi) is 9.66. The van der Waals surface area contributed by atoms with Crippen molar-refractivity contribution in [3.63, 3.8) is 0 Å². The van der Waals surface area contributed by atoms with Gasteiger partial charge in [-0.05, 0) is 25.0 Å². The minimum atomic E-state index is -1.53. The molecule has 2 fully saturated rings. The van der Waals surface area contributed by atoms with Gasteiger partial charge in [0.2, 0.25) is 0 Å². The first-order valence-corrected chi connectivity index (χ1v) is 9.28. The molecule has 0 unspecified atom stereocenters. The normalized spacial score (nSPS) is 15.2. The van der Waals surface area contributed by atoms with Gasteiger partial charge in [-0.2, -0.15) is 0 Å². The number of piperazine rings is 1. The Balaban J connectivity index is 0.000000622. The molecule has 2 aliphatic rings. The summed E-state index contributed by atoms with van der Waals surface area (Å²) < 4.78 is 16.4. The second-order valence-corrected chi connectivity index (χ2v) is 6.93. The van der Waals surface area contributed by atoms with Crippen LogP contribution in [0.4, 0.5) is 10.1 Å². The maximum atomic E-state index is 14.6. The number of nitrogens with one attached hydrogen (secondary N) is 1. The van der Waals surface area contributed by atoms with Crippen molar-refractivity contribution < 1.29 is 48.2 Å². The smallest absolute Gasteiger partial charge is 2.00 e. The number of anilines is 1. The summed E-state index contributed by atoms with van der Waals surface area (Å²) in [6.07, 6.45) is 3.19. The summed E-state index contributed by atoms with van der Waals surface area (Å²) in [5.41, 5.74) is 4.45. The number of carbonyl (C=O) groups is 2. The Hall–Kier alpha value is -2.44. The summed E-state index contributed by atoms with van der Waals surface area (Å²) in [5, 5.41) is 23.7. The molecule has 0 spiro atoms. The van der Waals surface area contributed by atoms with Crippen molar-refractivity contribution in [2.24, 2.45) is 5.73 Å². The largest absolute Gasteiger partial charge is 4.00 e. The first-order chi connectivity index (χ1) is 13.8. The monoisotopic (exact) mass is 471 g/mol. The zero-order valence-corrected chi connectivity index (χ0v) is 17.9. The predicted molar refractivity (Wildman–Crippen MR) is 101 cm³/mol. The van der Waals surface area contributed by atoms with E-state index in [4.69, 9.17) is 9.90 Å². The molecule has 1 radical (unpaired) electrons. The number of aromatic nitrogens is 1. The van der Waals surface area contributed by atoms with Crippen LogP contribution in [-0.2, 0) is 28.8 Å². The van der Waals surface area contributed by atoms with E-state index in [1.807, 2.05) is 4.90 Å². The van der Waals surface area contributed by atoms with Gasteiger partial charge in [0.15, 0.2) is 5.43 Å². The van der Waals surface area contributed by atoms with Gasteiger partial charge in [0.1, 0.15) is 5.82 Å². The van der Waals surface area contributed by atoms with Gasteiger partial charge in [0.25, 0.3) is 0 Å². The van der Waals surface area contributed by atoms with Crippen LogP contribution in [0.25, 0.3) is 10.9 Å². The number of hydrogen-bond acceptors (Lipinski definition) is 8. The molecule has 2 aromatic rings. The summed E-state index contributed by atoms with van der Waals surface area (Å²) in [7, 11) is 0. The van der Waals surface area contributed by atoms with Crippen molar-refractivity contribution >= 4 is 28.5 Å². The van der Waals surface area contributed by atoms with Crippen LogP contribution in [0.2, 0.25) is 0 Å². The molecule has 3 N–H and O–H groups in total. The molecule has 1 aliphatic heterocycles. The number of pyridine rings is 1. The molecule has 1 saturated carbocycles. The van der Waals surface area contributed by atoms with Gasteiger partial charge in [-0.3, -0.25) is 4.79 Å². The maximum Gasteiger partial charge on any atom is 4.00 e. The van der Waals surface area contributed by atoms with E-state index in [-0.39, 0.29) is 42.0 Å². The van der Waals surface area contributed by atoms with Crippen LogP contribution in [0, 0.1) is 5.82 Å². The predicted octanol–water partition coefficient (Wildman–Crippen LogP) is -2.18. The van der Waals surface area contributed by atoms with Crippen LogP contribution in [-0.4, -0.2) is 49.2 Å². The molecule has 1 aromatic heterocycles. The summed E-state index contributed by atoms with van der Waals surface area (Å²) in [6.45, 7) is 2.54. The number of carboxylic acid groups (broad SMARTS) is 2. The maximum absolute atomic E-state index is 14.6. The van der Waals surface area contributed by atoms with Crippen LogP contribution in [0.3, 0.4) is 0 Å². The second-order valence-electron chi connectivity index (χ2n) is 6.93. The number of aliphatic carboxylic acids is 1. The van der Waals surface area contributed by atoms with E-state index in [1.54, 1.807) is 10.6 Å². The van der Waals surface area contributed by atoms with Crippen molar-refractivity contribution in [1.82, 2.24) is 9.88 Å². The fourth-order valence-corrected chi connectivity index (χ4v) is 3.31. The van der Waals surface area contributed by atoms with E-state index in [0.717, 1.165) is 25.9 Å². The Labute approximate surface area is 189 Å².